The Hall–Kier alpha value is -1.91. The summed E-state index contributed by atoms with van der Waals surface area (Å²) in [5.41, 5.74) is 0.366. The summed E-state index contributed by atoms with van der Waals surface area (Å²) >= 11 is 0. The quantitative estimate of drug-likeness (QED) is 0.545. The van der Waals surface area contributed by atoms with Gasteiger partial charge in [0, 0.05) is 19.3 Å². The lowest BCUT2D eigenvalue weighted by Gasteiger charge is -2.06. The first-order valence-electron chi connectivity index (χ1n) is 6.24. The third-order valence-corrected chi connectivity index (χ3v) is 2.36. The van der Waals surface area contributed by atoms with Gasteiger partial charge in [0.2, 0.25) is 5.95 Å². The summed E-state index contributed by atoms with van der Waals surface area (Å²) in [5.74, 6) is 0.284. The summed E-state index contributed by atoms with van der Waals surface area (Å²) in [6.07, 6.45) is 6.63. The van der Waals surface area contributed by atoms with E-state index >= 15 is 0 Å². The summed E-state index contributed by atoms with van der Waals surface area (Å²) in [6, 6.07) is 1.59. The molecule has 0 atom stereocenters. The molecular formula is C13H20N4O. The number of unbranched alkanes of at least 4 members (excludes halogenated alkanes) is 2. The molecular weight excluding hydrogens is 228 g/mol. The van der Waals surface area contributed by atoms with E-state index in [1.54, 1.807) is 18.3 Å². The van der Waals surface area contributed by atoms with Crippen LogP contribution in [0.5, 0.6) is 0 Å². The van der Waals surface area contributed by atoms with Crippen molar-refractivity contribution in [1.29, 1.82) is 0 Å². The van der Waals surface area contributed by atoms with Crippen LogP contribution in [0.25, 0.3) is 0 Å². The van der Waals surface area contributed by atoms with Gasteiger partial charge in [-0.3, -0.25) is 4.79 Å². The highest BCUT2D eigenvalue weighted by molar-refractivity contribution is 5.92. The minimum atomic E-state index is -0.214. The zero-order valence-corrected chi connectivity index (χ0v) is 10.8. The SMILES string of the molecule is C=CCNC(=O)c1ccnc(NCCCCC)n1. The maximum absolute atomic E-state index is 11.7. The summed E-state index contributed by atoms with van der Waals surface area (Å²) in [6.45, 7) is 6.95. The van der Waals surface area contributed by atoms with Gasteiger partial charge >= 0.3 is 0 Å². The lowest BCUT2D eigenvalue weighted by atomic mass is 10.2. The number of aromatic nitrogens is 2. The molecule has 1 heterocycles. The number of rotatable bonds is 8. The molecule has 1 aromatic rings. The van der Waals surface area contributed by atoms with Crippen LogP contribution >= 0.6 is 0 Å². The van der Waals surface area contributed by atoms with E-state index in [0.29, 0.717) is 18.2 Å². The Balaban J connectivity index is 2.50. The van der Waals surface area contributed by atoms with Crippen molar-refractivity contribution in [2.75, 3.05) is 18.4 Å². The highest BCUT2D eigenvalue weighted by atomic mass is 16.1. The number of amides is 1. The lowest BCUT2D eigenvalue weighted by molar-refractivity contribution is 0.0953. The predicted octanol–water partition coefficient (Wildman–Crippen LogP) is 1.99. The Morgan fingerprint density at radius 3 is 3.06 bits per heavy atom. The van der Waals surface area contributed by atoms with E-state index in [-0.39, 0.29) is 5.91 Å². The van der Waals surface area contributed by atoms with E-state index in [1.165, 1.54) is 12.8 Å². The third kappa shape index (κ3) is 4.95. The molecule has 0 fully saturated rings. The third-order valence-electron chi connectivity index (χ3n) is 2.36. The Morgan fingerprint density at radius 2 is 2.33 bits per heavy atom. The molecule has 5 heteroatoms. The Bertz CT molecular complexity index is 392. The normalized spacial score (nSPS) is 9.83. The van der Waals surface area contributed by atoms with Gasteiger partial charge in [-0.1, -0.05) is 25.8 Å². The number of carbonyl (C=O) groups excluding carboxylic acids is 1. The molecule has 0 bridgehead atoms. The largest absolute Gasteiger partial charge is 0.354 e. The fourth-order valence-corrected chi connectivity index (χ4v) is 1.40. The van der Waals surface area contributed by atoms with Crippen molar-refractivity contribution in [2.24, 2.45) is 0 Å². The van der Waals surface area contributed by atoms with Crippen molar-refractivity contribution in [3.05, 3.63) is 30.6 Å². The van der Waals surface area contributed by atoms with Gasteiger partial charge in [0.1, 0.15) is 5.69 Å². The van der Waals surface area contributed by atoms with E-state index in [0.717, 1.165) is 13.0 Å². The first kappa shape index (κ1) is 14.2. The second-order valence-corrected chi connectivity index (χ2v) is 3.90. The van der Waals surface area contributed by atoms with Gasteiger partial charge in [0.05, 0.1) is 0 Å². The molecule has 5 nitrogen and oxygen atoms in total. The van der Waals surface area contributed by atoms with Crippen LogP contribution in [0.4, 0.5) is 5.95 Å². The number of anilines is 1. The molecule has 18 heavy (non-hydrogen) atoms. The van der Waals surface area contributed by atoms with Gasteiger partial charge in [-0.05, 0) is 12.5 Å². The number of hydrogen-bond acceptors (Lipinski definition) is 4. The Morgan fingerprint density at radius 1 is 1.50 bits per heavy atom. The average molecular weight is 248 g/mol. The van der Waals surface area contributed by atoms with Gasteiger partial charge in [-0.15, -0.1) is 6.58 Å². The van der Waals surface area contributed by atoms with Crippen LogP contribution in [0.2, 0.25) is 0 Å². The molecule has 1 amide bonds. The molecule has 0 spiro atoms. The number of hydrogen-bond donors (Lipinski definition) is 2. The van der Waals surface area contributed by atoms with Crippen molar-refractivity contribution in [1.82, 2.24) is 15.3 Å². The van der Waals surface area contributed by atoms with Crippen LogP contribution in [0, 0.1) is 0 Å². The first-order chi connectivity index (χ1) is 8.77. The Labute approximate surface area is 108 Å². The molecule has 1 aromatic heterocycles. The second-order valence-electron chi connectivity index (χ2n) is 3.90. The minimum absolute atomic E-state index is 0.214. The molecule has 0 aliphatic rings. The van der Waals surface area contributed by atoms with E-state index < -0.39 is 0 Å². The molecule has 0 saturated carbocycles. The molecule has 0 unspecified atom stereocenters. The zero-order valence-electron chi connectivity index (χ0n) is 10.8. The fourth-order valence-electron chi connectivity index (χ4n) is 1.40. The molecule has 0 saturated heterocycles. The summed E-state index contributed by atoms with van der Waals surface area (Å²) in [5, 5.41) is 5.79. The fraction of sp³-hybridized carbons (Fsp3) is 0.462. The molecule has 0 aliphatic carbocycles. The van der Waals surface area contributed by atoms with Crippen LogP contribution in [-0.4, -0.2) is 29.0 Å². The van der Waals surface area contributed by atoms with Crippen LogP contribution in [-0.2, 0) is 0 Å². The molecule has 0 radical (unpaired) electrons. The molecule has 0 aromatic carbocycles. The van der Waals surface area contributed by atoms with Crippen LogP contribution < -0.4 is 10.6 Å². The maximum atomic E-state index is 11.7. The highest BCUT2D eigenvalue weighted by Gasteiger charge is 2.06. The van der Waals surface area contributed by atoms with Crippen molar-refractivity contribution in [2.45, 2.75) is 26.2 Å². The van der Waals surface area contributed by atoms with E-state index in [2.05, 4.69) is 34.1 Å². The zero-order chi connectivity index (χ0) is 13.2. The van der Waals surface area contributed by atoms with Crippen molar-refractivity contribution in [3.8, 4) is 0 Å². The van der Waals surface area contributed by atoms with Gasteiger partial charge in [0.25, 0.3) is 5.91 Å². The number of carbonyl (C=O) groups is 1. The molecule has 98 valence electrons. The monoisotopic (exact) mass is 248 g/mol. The van der Waals surface area contributed by atoms with E-state index in [1.807, 2.05) is 0 Å². The van der Waals surface area contributed by atoms with Crippen LogP contribution in [0.1, 0.15) is 36.7 Å². The summed E-state index contributed by atoms with van der Waals surface area (Å²) < 4.78 is 0. The second kappa shape index (κ2) is 8.22. The van der Waals surface area contributed by atoms with Crippen molar-refractivity contribution in [3.63, 3.8) is 0 Å². The lowest BCUT2D eigenvalue weighted by Crippen LogP contribution is -2.24. The summed E-state index contributed by atoms with van der Waals surface area (Å²) in [7, 11) is 0. The molecule has 0 aliphatic heterocycles. The van der Waals surface area contributed by atoms with Crippen molar-refractivity contribution < 1.29 is 4.79 Å². The summed E-state index contributed by atoms with van der Waals surface area (Å²) in [4.78, 5) is 19.9. The smallest absolute Gasteiger partial charge is 0.270 e. The predicted molar refractivity (Wildman–Crippen MR) is 72.6 cm³/mol. The molecule has 1 rings (SSSR count). The number of nitrogens with zero attached hydrogens (tertiary/aromatic N) is 2. The number of nitrogens with one attached hydrogen (secondary N) is 2. The first-order valence-corrected chi connectivity index (χ1v) is 6.24. The van der Waals surface area contributed by atoms with Crippen LogP contribution in [0.3, 0.4) is 0 Å². The van der Waals surface area contributed by atoms with E-state index in [4.69, 9.17) is 0 Å². The topological polar surface area (TPSA) is 66.9 Å². The van der Waals surface area contributed by atoms with Gasteiger partial charge in [-0.2, -0.15) is 0 Å². The van der Waals surface area contributed by atoms with Crippen molar-refractivity contribution >= 4 is 11.9 Å². The van der Waals surface area contributed by atoms with Gasteiger partial charge < -0.3 is 10.6 Å². The van der Waals surface area contributed by atoms with Gasteiger partial charge in [0.15, 0.2) is 0 Å². The standard InChI is InChI=1S/C13H20N4O/c1-3-5-6-9-15-13-16-10-7-11(17-13)12(18)14-8-4-2/h4,7,10H,2-3,5-6,8-9H2,1H3,(H,14,18)(H,15,16,17). The Kier molecular flexibility index (Phi) is 6.46. The maximum Gasteiger partial charge on any atom is 0.270 e. The minimum Gasteiger partial charge on any atom is -0.354 e. The average Bonchev–Trinajstić information content (AvgIpc) is 2.41. The van der Waals surface area contributed by atoms with Crippen LogP contribution in [0.15, 0.2) is 24.9 Å². The molecule has 2 N–H and O–H groups in total. The van der Waals surface area contributed by atoms with E-state index in [9.17, 15) is 4.79 Å². The van der Waals surface area contributed by atoms with Gasteiger partial charge in [-0.25, -0.2) is 9.97 Å². The highest BCUT2D eigenvalue weighted by Crippen LogP contribution is 2.02.